The number of carbonyl (C=O) groups is 2. The summed E-state index contributed by atoms with van der Waals surface area (Å²) in [5.41, 5.74) is 7.59. The molecule has 0 fully saturated rings. The summed E-state index contributed by atoms with van der Waals surface area (Å²) in [5, 5.41) is 3.16. The summed E-state index contributed by atoms with van der Waals surface area (Å²) < 4.78 is 5.09. The van der Waals surface area contributed by atoms with Gasteiger partial charge in [-0.2, -0.15) is 0 Å². The molecule has 0 aliphatic carbocycles. The highest BCUT2D eigenvalue weighted by Crippen LogP contribution is 2.18. The number of amides is 1. The van der Waals surface area contributed by atoms with Crippen LogP contribution in [0.4, 0.5) is 5.95 Å². The van der Waals surface area contributed by atoms with Crippen LogP contribution >= 0.6 is 0 Å². The van der Waals surface area contributed by atoms with E-state index in [1.807, 2.05) is 19.1 Å². The minimum absolute atomic E-state index is 0.0925. The third-order valence-electron chi connectivity index (χ3n) is 4.31. The van der Waals surface area contributed by atoms with Gasteiger partial charge in [0.25, 0.3) is 0 Å². The zero-order valence-electron chi connectivity index (χ0n) is 15.5. The Balaban J connectivity index is 1.67. The van der Waals surface area contributed by atoms with Crippen molar-refractivity contribution >= 4 is 17.6 Å². The molecule has 3 rings (SSSR count). The molecule has 1 amide bonds. The van der Waals surface area contributed by atoms with Crippen molar-refractivity contribution in [2.45, 2.75) is 13.0 Å². The van der Waals surface area contributed by atoms with Crippen molar-refractivity contribution in [3.63, 3.8) is 0 Å². The smallest absolute Gasteiger partial charge is 0.248 e. The fourth-order valence-electron chi connectivity index (χ4n) is 2.64. The summed E-state index contributed by atoms with van der Waals surface area (Å²) in [6.45, 7) is 1.94. The molecule has 0 aliphatic heterocycles. The topological polar surface area (TPSA) is 107 Å². The van der Waals surface area contributed by atoms with Crippen LogP contribution < -0.4 is 15.8 Å². The van der Waals surface area contributed by atoms with Crippen molar-refractivity contribution in [2.24, 2.45) is 5.73 Å². The highest BCUT2D eigenvalue weighted by atomic mass is 16.5. The molecule has 2 aromatic carbocycles. The Hall–Kier alpha value is -3.74. The van der Waals surface area contributed by atoms with E-state index < -0.39 is 5.91 Å². The Labute approximate surface area is 162 Å². The molecule has 1 atom stereocenters. The normalized spacial score (nSPS) is 11.5. The lowest BCUT2D eigenvalue weighted by atomic mass is 10.1. The SMILES string of the molecule is COc1ccc(C(=O)c2cnc(NC(C)c3ccc(C(N)=O)cc3)nc2)cc1. The van der Waals surface area contributed by atoms with E-state index in [0.717, 1.165) is 5.56 Å². The summed E-state index contributed by atoms with van der Waals surface area (Å²) >= 11 is 0. The zero-order chi connectivity index (χ0) is 20.1. The monoisotopic (exact) mass is 376 g/mol. The predicted molar refractivity (Wildman–Crippen MR) is 105 cm³/mol. The molecule has 3 aromatic rings. The van der Waals surface area contributed by atoms with Crippen LogP contribution in [-0.4, -0.2) is 28.8 Å². The summed E-state index contributed by atoms with van der Waals surface area (Å²) in [7, 11) is 1.57. The van der Waals surface area contributed by atoms with Gasteiger partial charge in [0.15, 0.2) is 5.78 Å². The second kappa shape index (κ2) is 8.30. The molecule has 0 aliphatic rings. The van der Waals surface area contributed by atoms with Gasteiger partial charge in [0, 0.05) is 23.5 Å². The largest absolute Gasteiger partial charge is 0.497 e. The van der Waals surface area contributed by atoms with E-state index >= 15 is 0 Å². The van der Waals surface area contributed by atoms with E-state index in [9.17, 15) is 9.59 Å². The Morgan fingerprint density at radius 2 is 1.50 bits per heavy atom. The highest BCUT2D eigenvalue weighted by molar-refractivity contribution is 6.08. The van der Waals surface area contributed by atoms with Gasteiger partial charge in [0.1, 0.15) is 5.75 Å². The third-order valence-corrected chi connectivity index (χ3v) is 4.31. The van der Waals surface area contributed by atoms with Crippen molar-refractivity contribution in [1.29, 1.82) is 0 Å². The maximum absolute atomic E-state index is 12.5. The Morgan fingerprint density at radius 3 is 2.04 bits per heavy atom. The first-order valence-corrected chi connectivity index (χ1v) is 8.65. The minimum Gasteiger partial charge on any atom is -0.497 e. The number of primary amides is 1. The number of aromatic nitrogens is 2. The molecular weight excluding hydrogens is 356 g/mol. The van der Waals surface area contributed by atoms with E-state index in [1.165, 1.54) is 12.4 Å². The van der Waals surface area contributed by atoms with Crippen LogP contribution in [0.25, 0.3) is 0 Å². The molecule has 1 unspecified atom stereocenters. The Kier molecular flexibility index (Phi) is 5.64. The van der Waals surface area contributed by atoms with Gasteiger partial charge in [-0.25, -0.2) is 9.97 Å². The molecule has 0 spiro atoms. The second-order valence-electron chi connectivity index (χ2n) is 6.21. The lowest BCUT2D eigenvalue weighted by Crippen LogP contribution is -2.13. The number of nitrogens with two attached hydrogens (primary N) is 1. The van der Waals surface area contributed by atoms with E-state index in [0.29, 0.717) is 28.4 Å². The fourth-order valence-corrected chi connectivity index (χ4v) is 2.64. The molecule has 0 radical (unpaired) electrons. The van der Waals surface area contributed by atoms with Gasteiger partial charge in [-0.3, -0.25) is 9.59 Å². The number of benzene rings is 2. The molecule has 28 heavy (non-hydrogen) atoms. The number of nitrogens with zero attached hydrogens (tertiary/aromatic N) is 2. The number of hydrogen-bond donors (Lipinski definition) is 2. The molecule has 142 valence electrons. The molecule has 0 saturated carbocycles. The predicted octanol–water partition coefficient (Wildman–Crippen LogP) is 2.99. The average molecular weight is 376 g/mol. The van der Waals surface area contributed by atoms with Gasteiger partial charge in [-0.1, -0.05) is 12.1 Å². The van der Waals surface area contributed by atoms with Crippen LogP contribution in [-0.2, 0) is 0 Å². The Bertz CT molecular complexity index is 968. The van der Waals surface area contributed by atoms with E-state index in [4.69, 9.17) is 10.5 Å². The fraction of sp³-hybridized carbons (Fsp3) is 0.143. The molecule has 0 saturated heterocycles. The first-order valence-electron chi connectivity index (χ1n) is 8.65. The molecule has 3 N–H and O–H groups in total. The Morgan fingerprint density at radius 1 is 0.929 bits per heavy atom. The number of hydrogen-bond acceptors (Lipinski definition) is 6. The van der Waals surface area contributed by atoms with E-state index in [-0.39, 0.29) is 11.8 Å². The van der Waals surface area contributed by atoms with Gasteiger partial charge in [-0.15, -0.1) is 0 Å². The number of ketones is 1. The van der Waals surface area contributed by atoms with Crippen molar-refractivity contribution in [3.05, 3.63) is 83.2 Å². The summed E-state index contributed by atoms with van der Waals surface area (Å²) in [6.07, 6.45) is 2.98. The van der Waals surface area contributed by atoms with Gasteiger partial charge >= 0.3 is 0 Å². The number of rotatable bonds is 7. The standard InChI is InChI=1S/C21H20N4O3/c1-13(14-3-5-16(6-4-14)20(22)27)25-21-23-11-17(12-24-21)19(26)15-7-9-18(28-2)10-8-15/h3-13H,1-2H3,(H2,22,27)(H,23,24,25). The van der Waals surface area contributed by atoms with Crippen LogP contribution in [0.15, 0.2) is 60.9 Å². The van der Waals surface area contributed by atoms with Crippen LogP contribution in [0.1, 0.15) is 44.8 Å². The lowest BCUT2D eigenvalue weighted by Gasteiger charge is -2.14. The maximum Gasteiger partial charge on any atom is 0.248 e. The van der Waals surface area contributed by atoms with Crippen LogP contribution in [0.2, 0.25) is 0 Å². The second-order valence-corrected chi connectivity index (χ2v) is 6.21. The molecule has 1 heterocycles. The number of anilines is 1. The maximum atomic E-state index is 12.5. The number of methoxy groups -OCH3 is 1. The number of carbonyl (C=O) groups excluding carboxylic acids is 2. The molecule has 0 bridgehead atoms. The molecule has 7 heteroatoms. The van der Waals surface area contributed by atoms with Gasteiger partial charge in [-0.05, 0) is 48.9 Å². The number of ether oxygens (including phenoxy) is 1. The third kappa shape index (κ3) is 4.32. The van der Waals surface area contributed by atoms with Crippen molar-refractivity contribution in [3.8, 4) is 5.75 Å². The van der Waals surface area contributed by atoms with Crippen LogP contribution in [0.3, 0.4) is 0 Å². The summed E-state index contributed by atoms with van der Waals surface area (Å²) in [4.78, 5) is 32.1. The average Bonchev–Trinajstić information content (AvgIpc) is 2.74. The van der Waals surface area contributed by atoms with Gasteiger partial charge in [0.05, 0.1) is 18.7 Å². The summed E-state index contributed by atoms with van der Waals surface area (Å²) in [6, 6.07) is 13.8. The zero-order valence-corrected chi connectivity index (χ0v) is 15.5. The quantitative estimate of drug-likeness (QED) is 0.614. The van der Waals surface area contributed by atoms with Crippen molar-refractivity contribution in [1.82, 2.24) is 9.97 Å². The van der Waals surface area contributed by atoms with Crippen molar-refractivity contribution < 1.29 is 14.3 Å². The number of nitrogens with one attached hydrogen (secondary N) is 1. The first kappa shape index (κ1) is 19.0. The van der Waals surface area contributed by atoms with Crippen LogP contribution in [0.5, 0.6) is 5.75 Å². The van der Waals surface area contributed by atoms with Crippen molar-refractivity contribution in [2.75, 3.05) is 12.4 Å². The van der Waals surface area contributed by atoms with E-state index in [2.05, 4.69) is 15.3 Å². The first-order chi connectivity index (χ1) is 13.5. The molecule has 1 aromatic heterocycles. The van der Waals surface area contributed by atoms with Gasteiger partial charge < -0.3 is 15.8 Å². The molecular formula is C21H20N4O3. The molecule has 7 nitrogen and oxygen atoms in total. The minimum atomic E-state index is -0.465. The van der Waals surface area contributed by atoms with Gasteiger partial charge in [0.2, 0.25) is 11.9 Å². The highest BCUT2D eigenvalue weighted by Gasteiger charge is 2.12. The lowest BCUT2D eigenvalue weighted by molar-refractivity contribution is 0.0998. The summed E-state index contributed by atoms with van der Waals surface area (Å²) in [5.74, 6) is 0.458. The van der Waals surface area contributed by atoms with Crippen LogP contribution in [0, 0.1) is 0 Å². The van der Waals surface area contributed by atoms with E-state index in [1.54, 1.807) is 43.5 Å².